The first-order chi connectivity index (χ1) is 9.16. The van der Waals surface area contributed by atoms with Crippen molar-refractivity contribution in [3.05, 3.63) is 41.2 Å². The number of nitrogens with zero attached hydrogens (tertiary/aromatic N) is 2. The molecule has 0 radical (unpaired) electrons. The fraction of sp³-hybridized carbons (Fsp3) is 0.286. The quantitative estimate of drug-likeness (QED) is 0.926. The number of carboxylic acid groups (broad SMARTS) is 1. The molecule has 0 bridgehead atoms. The summed E-state index contributed by atoms with van der Waals surface area (Å²) in [5, 5.41) is 9.74. The lowest BCUT2D eigenvalue weighted by Crippen LogP contribution is -2.25. The van der Waals surface area contributed by atoms with Crippen LogP contribution in [0.4, 0.5) is 0 Å². The van der Waals surface area contributed by atoms with Crippen LogP contribution in [0.15, 0.2) is 30.5 Å². The van der Waals surface area contributed by atoms with Gasteiger partial charge in [0, 0.05) is 30.4 Å². The molecular weight excluding hydrogens is 299 g/mol. The molecule has 106 valence electrons. The van der Waals surface area contributed by atoms with Gasteiger partial charge in [-0.3, -0.25) is 4.79 Å². The summed E-state index contributed by atoms with van der Waals surface area (Å²) < 4.78 is 2.07. The number of aliphatic carboxylic acids is 1. The van der Waals surface area contributed by atoms with E-state index in [-0.39, 0.29) is 18.3 Å². The molecule has 1 N–H and O–H groups in total. The second kappa shape index (κ2) is 5.85. The van der Waals surface area contributed by atoms with E-state index in [4.69, 9.17) is 16.7 Å². The summed E-state index contributed by atoms with van der Waals surface area (Å²) >= 11 is 6.19. The van der Waals surface area contributed by atoms with Gasteiger partial charge in [-0.1, -0.05) is 23.7 Å². The van der Waals surface area contributed by atoms with Gasteiger partial charge < -0.3 is 9.67 Å². The predicted octanol–water partition coefficient (Wildman–Crippen LogP) is 3.27. The van der Waals surface area contributed by atoms with E-state index in [1.807, 2.05) is 24.3 Å². The molecule has 0 spiro atoms. The largest absolute Gasteiger partial charge is 0.481 e. The number of rotatable bonds is 2. The third-order valence-electron chi connectivity index (χ3n) is 3.56. The van der Waals surface area contributed by atoms with E-state index < -0.39 is 5.97 Å². The third kappa shape index (κ3) is 2.53. The van der Waals surface area contributed by atoms with Crippen LogP contribution in [-0.2, 0) is 17.8 Å². The monoisotopic (exact) mass is 312 g/mol. The van der Waals surface area contributed by atoms with Crippen LogP contribution in [0.5, 0.6) is 0 Å². The van der Waals surface area contributed by atoms with Crippen molar-refractivity contribution in [3.63, 3.8) is 0 Å². The Balaban J connectivity index is 0.00000147. The number of imidazole rings is 1. The number of halogens is 2. The van der Waals surface area contributed by atoms with E-state index in [0.717, 1.165) is 17.1 Å². The van der Waals surface area contributed by atoms with Crippen molar-refractivity contribution in [1.82, 2.24) is 9.55 Å². The molecule has 0 fully saturated rings. The van der Waals surface area contributed by atoms with E-state index >= 15 is 0 Å². The highest BCUT2D eigenvalue weighted by molar-refractivity contribution is 6.33. The molecule has 1 aromatic carbocycles. The summed E-state index contributed by atoms with van der Waals surface area (Å²) in [5.41, 5.74) is 1.86. The van der Waals surface area contributed by atoms with Crippen LogP contribution in [0.1, 0.15) is 12.1 Å². The minimum atomic E-state index is -0.730. The molecule has 1 aliphatic rings. The molecule has 1 aromatic heterocycles. The summed E-state index contributed by atoms with van der Waals surface area (Å²) in [6.45, 7) is 0.673. The van der Waals surface area contributed by atoms with Crippen LogP contribution in [-0.4, -0.2) is 20.6 Å². The fourth-order valence-electron chi connectivity index (χ4n) is 2.53. The van der Waals surface area contributed by atoms with Crippen LogP contribution >= 0.6 is 24.0 Å². The number of carbonyl (C=O) groups is 1. The lowest BCUT2D eigenvalue weighted by Gasteiger charge is -2.22. The average molecular weight is 313 g/mol. The molecule has 0 saturated carbocycles. The number of carboxylic acids is 1. The fourth-order valence-corrected chi connectivity index (χ4v) is 2.75. The maximum Gasteiger partial charge on any atom is 0.306 e. The molecule has 0 amide bonds. The second-order valence-electron chi connectivity index (χ2n) is 4.73. The number of aromatic nitrogens is 2. The highest BCUT2D eigenvalue weighted by atomic mass is 35.5. The highest BCUT2D eigenvalue weighted by Gasteiger charge is 2.26. The molecule has 0 aliphatic carbocycles. The molecule has 1 unspecified atom stereocenters. The van der Waals surface area contributed by atoms with Crippen molar-refractivity contribution >= 4 is 30.0 Å². The zero-order chi connectivity index (χ0) is 13.4. The van der Waals surface area contributed by atoms with Gasteiger partial charge in [0.2, 0.25) is 0 Å². The maximum absolute atomic E-state index is 11.0. The van der Waals surface area contributed by atoms with Gasteiger partial charge >= 0.3 is 5.97 Å². The molecule has 2 aromatic rings. The lowest BCUT2D eigenvalue weighted by molar-refractivity contribution is -0.142. The Morgan fingerprint density at radius 2 is 2.15 bits per heavy atom. The highest BCUT2D eigenvalue weighted by Crippen LogP contribution is 2.31. The number of benzene rings is 1. The first-order valence-electron chi connectivity index (χ1n) is 6.19. The van der Waals surface area contributed by atoms with E-state index in [2.05, 4.69) is 9.55 Å². The van der Waals surface area contributed by atoms with Gasteiger partial charge in [0.1, 0.15) is 5.82 Å². The van der Waals surface area contributed by atoms with Gasteiger partial charge in [-0.25, -0.2) is 4.98 Å². The first-order valence-corrected chi connectivity index (χ1v) is 6.56. The normalized spacial score (nSPS) is 17.1. The van der Waals surface area contributed by atoms with Gasteiger partial charge in [-0.15, -0.1) is 12.4 Å². The number of fused-ring (bicyclic) bond motifs is 1. The van der Waals surface area contributed by atoms with Crippen molar-refractivity contribution in [1.29, 1.82) is 0 Å². The minimum absolute atomic E-state index is 0. The van der Waals surface area contributed by atoms with Crippen LogP contribution < -0.4 is 0 Å². The molecule has 4 nitrogen and oxygen atoms in total. The number of hydrogen-bond acceptors (Lipinski definition) is 2. The summed E-state index contributed by atoms with van der Waals surface area (Å²) in [6, 6.07) is 7.57. The smallest absolute Gasteiger partial charge is 0.306 e. The zero-order valence-corrected chi connectivity index (χ0v) is 12.2. The Morgan fingerprint density at radius 3 is 2.85 bits per heavy atom. The number of hydrogen-bond donors (Lipinski definition) is 1. The van der Waals surface area contributed by atoms with Crippen LogP contribution in [0.25, 0.3) is 11.4 Å². The molecule has 1 aliphatic heterocycles. The Morgan fingerprint density at radius 1 is 1.40 bits per heavy atom. The molecule has 3 rings (SSSR count). The van der Waals surface area contributed by atoms with E-state index in [1.54, 1.807) is 6.20 Å². The summed E-state index contributed by atoms with van der Waals surface area (Å²) in [4.78, 5) is 15.5. The van der Waals surface area contributed by atoms with E-state index in [9.17, 15) is 4.79 Å². The molecule has 2 heterocycles. The van der Waals surface area contributed by atoms with Crippen molar-refractivity contribution in [3.8, 4) is 11.4 Å². The maximum atomic E-state index is 11.0. The van der Waals surface area contributed by atoms with Crippen molar-refractivity contribution < 1.29 is 9.90 Å². The third-order valence-corrected chi connectivity index (χ3v) is 3.89. The van der Waals surface area contributed by atoms with Crippen molar-refractivity contribution in [2.75, 3.05) is 0 Å². The average Bonchev–Trinajstić information content (AvgIpc) is 2.82. The van der Waals surface area contributed by atoms with E-state index in [1.165, 1.54) is 0 Å². The van der Waals surface area contributed by atoms with Gasteiger partial charge in [0.15, 0.2) is 0 Å². The van der Waals surface area contributed by atoms with E-state index in [0.29, 0.717) is 24.4 Å². The predicted molar refractivity (Wildman–Crippen MR) is 79.4 cm³/mol. The summed E-state index contributed by atoms with van der Waals surface area (Å²) in [7, 11) is 0. The van der Waals surface area contributed by atoms with Gasteiger partial charge in [0.25, 0.3) is 0 Å². The topological polar surface area (TPSA) is 55.1 Å². The van der Waals surface area contributed by atoms with Crippen LogP contribution in [0.2, 0.25) is 5.02 Å². The van der Waals surface area contributed by atoms with Gasteiger partial charge in [-0.05, 0) is 18.6 Å². The molecule has 6 heteroatoms. The van der Waals surface area contributed by atoms with Gasteiger partial charge in [0.05, 0.1) is 10.9 Å². The van der Waals surface area contributed by atoms with Gasteiger partial charge in [-0.2, -0.15) is 0 Å². The molecule has 0 saturated heterocycles. The Kier molecular flexibility index (Phi) is 4.35. The molecular formula is C14H14Cl2N2O2. The Labute approximate surface area is 127 Å². The summed E-state index contributed by atoms with van der Waals surface area (Å²) in [5.74, 6) is -0.209. The van der Waals surface area contributed by atoms with Crippen LogP contribution in [0.3, 0.4) is 0 Å². The lowest BCUT2D eigenvalue weighted by atomic mass is 9.96. The first kappa shape index (κ1) is 14.9. The molecule has 20 heavy (non-hydrogen) atoms. The molecule has 1 atom stereocenters. The summed E-state index contributed by atoms with van der Waals surface area (Å²) in [6.07, 6.45) is 2.93. The van der Waals surface area contributed by atoms with Crippen molar-refractivity contribution in [2.24, 2.45) is 5.92 Å². The van der Waals surface area contributed by atoms with Crippen LogP contribution in [0, 0.1) is 5.92 Å². The SMILES string of the molecule is Cl.O=C(O)C1CCn2c(cnc2-c2ccccc2Cl)C1. The van der Waals surface area contributed by atoms with Crippen molar-refractivity contribution in [2.45, 2.75) is 19.4 Å². The second-order valence-corrected chi connectivity index (χ2v) is 5.14. The Hall–Kier alpha value is -1.52. The Bertz CT molecular complexity index is 640. The zero-order valence-electron chi connectivity index (χ0n) is 10.6. The minimum Gasteiger partial charge on any atom is -0.481 e. The standard InChI is InChI=1S/C14H13ClN2O2.ClH/c15-12-4-2-1-3-11(12)13-16-8-10-7-9(14(18)19)5-6-17(10)13;/h1-4,8-9H,5-7H2,(H,18,19);1H.